The van der Waals surface area contributed by atoms with Crippen LogP contribution in [-0.2, 0) is 12.4 Å². The maximum Gasteiger partial charge on any atom is 0.417 e. The third-order valence-corrected chi connectivity index (χ3v) is 3.22. The van der Waals surface area contributed by atoms with Crippen LogP contribution in [-0.4, -0.2) is 9.97 Å². The first-order valence-electron chi connectivity index (χ1n) is 5.37. The Kier molecular flexibility index (Phi) is 6.59. The Morgan fingerprint density at radius 2 is 1.23 bits per heavy atom. The molecule has 0 spiro atoms. The summed E-state index contributed by atoms with van der Waals surface area (Å²) in [5, 5.41) is 0. The predicted octanol–water partition coefficient (Wildman–Crippen LogP) is 5.57. The van der Waals surface area contributed by atoms with Crippen LogP contribution in [0, 0.1) is 3.70 Å². The quantitative estimate of drug-likeness (QED) is 0.270. The zero-order valence-electron chi connectivity index (χ0n) is 10.4. The smallest absolute Gasteiger partial charge is 0.250 e. The number of pyridine rings is 2. The molecule has 0 aliphatic rings. The Labute approximate surface area is 143 Å². The van der Waals surface area contributed by atoms with Crippen molar-refractivity contribution in [2.45, 2.75) is 12.4 Å². The van der Waals surface area contributed by atoms with Gasteiger partial charge in [0.2, 0.25) is 0 Å². The lowest BCUT2D eigenvalue weighted by atomic mass is 10.3. The molecular weight excluding hydrogens is 493 g/mol. The molecule has 2 rings (SSSR count). The first-order valence-corrected chi connectivity index (χ1v) is 7.25. The van der Waals surface area contributed by atoms with Crippen molar-refractivity contribution in [3.8, 4) is 0 Å². The predicted molar refractivity (Wildman–Crippen MR) is 78.9 cm³/mol. The molecule has 0 aromatic carbocycles. The van der Waals surface area contributed by atoms with Crippen LogP contribution in [0.5, 0.6) is 0 Å². The van der Waals surface area contributed by atoms with E-state index in [0.717, 1.165) is 24.5 Å². The molecule has 22 heavy (non-hydrogen) atoms. The van der Waals surface area contributed by atoms with Crippen molar-refractivity contribution in [1.29, 1.82) is 0 Å². The highest BCUT2D eigenvalue weighted by molar-refractivity contribution is 14.1. The van der Waals surface area contributed by atoms with E-state index < -0.39 is 23.5 Å². The van der Waals surface area contributed by atoms with Crippen molar-refractivity contribution < 1.29 is 26.3 Å². The van der Waals surface area contributed by atoms with Gasteiger partial charge in [0.05, 0.1) is 11.1 Å². The van der Waals surface area contributed by atoms with Gasteiger partial charge in [-0.3, -0.25) is 0 Å². The van der Waals surface area contributed by atoms with Crippen molar-refractivity contribution in [2.75, 3.05) is 0 Å². The maximum absolute atomic E-state index is 11.9. The largest absolute Gasteiger partial charge is 0.417 e. The first kappa shape index (κ1) is 19.1. The van der Waals surface area contributed by atoms with Crippen molar-refractivity contribution in [2.24, 2.45) is 0 Å². The SMILES string of the molecule is FC(F)(F)c1ccc(Br)nc1.FC(F)(F)c1ccc(I)nc1. The summed E-state index contributed by atoms with van der Waals surface area (Å²) in [6, 6.07) is 4.55. The normalized spacial score (nSPS) is 11.6. The number of aromatic nitrogens is 2. The third-order valence-electron chi connectivity index (χ3n) is 2.11. The number of nitrogens with zero attached hydrogens (tertiary/aromatic N) is 2. The molecule has 0 aliphatic heterocycles. The molecule has 0 saturated heterocycles. The summed E-state index contributed by atoms with van der Waals surface area (Å²) in [6.45, 7) is 0. The summed E-state index contributed by atoms with van der Waals surface area (Å²) >= 11 is 4.78. The van der Waals surface area contributed by atoms with Crippen LogP contribution in [0.3, 0.4) is 0 Å². The Hall–Kier alpha value is -0.910. The summed E-state index contributed by atoms with van der Waals surface area (Å²) < 4.78 is 72.2. The van der Waals surface area contributed by atoms with Gasteiger partial charge in [0.1, 0.15) is 8.30 Å². The maximum atomic E-state index is 11.9. The van der Waals surface area contributed by atoms with Crippen LogP contribution in [0.25, 0.3) is 0 Å². The van der Waals surface area contributed by atoms with Gasteiger partial charge in [0.25, 0.3) is 0 Å². The molecule has 0 unspecified atom stereocenters. The summed E-state index contributed by atoms with van der Waals surface area (Å²) in [7, 11) is 0. The Morgan fingerprint density at radius 3 is 1.55 bits per heavy atom. The van der Waals surface area contributed by atoms with E-state index in [1.54, 1.807) is 0 Å². The monoisotopic (exact) mass is 498 g/mol. The molecule has 0 fully saturated rings. The summed E-state index contributed by atoms with van der Waals surface area (Å²) in [4.78, 5) is 6.95. The Bertz CT molecular complexity index is 539. The minimum Gasteiger partial charge on any atom is -0.250 e. The summed E-state index contributed by atoms with van der Waals surface area (Å²) in [6.07, 6.45) is -6.98. The van der Waals surface area contributed by atoms with E-state index in [0.29, 0.717) is 8.30 Å². The average molecular weight is 499 g/mol. The second-order valence-corrected chi connectivity index (χ2v) is 5.65. The molecule has 0 saturated carbocycles. The highest BCUT2D eigenvalue weighted by Gasteiger charge is 2.31. The molecule has 2 nitrogen and oxygen atoms in total. The van der Waals surface area contributed by atoms with Gasteiger partial charge in [0.15, 0.2) is 0 Å². The van der Waals surface area contributed by atoms with Gasteiger partial charge < -0.3 is 0 Å². The van der Waals surface area contributed by atoms with Crippen LogP contribution in [0.4, 0.5) is 26.3 Å². The molecule has 2 heterocycles. The van der Waals surface area contributed by atoms with Crippen molar-refractivity contribution in [3.63, 3.8) is 0 Å². The summed E-state index contributed by atoms with van der Waals surface area (Å²) in [5.41, 5.74) is -1.45. The van der Waals surface area contributed by atoms with Crippen LogP contribution in [0.1, 0.15) is 11.1 Å². The number of halogens is 8. The van der Waals surface area contributed by atoms with Gasteiger partial charge >= 0.3 is 12.4 Å². The fraction of sp³-hybridized carbons (Fsp3) is 0.167. The topological polar surface area (TPSA) is 25.8 Å². The fourth-order valence-corrected chi connectivity index (χ4v) is 1.64. The average Bonchev–Trinajstić information content (AvgIpc) is 2.38. The molecule has 0 atom stereocenters. The van der Waals surface area contributed by atoms with Crippen LogP contribution in [0.2, 0.25) is 0 Å². The number of hydrogen-bond donors (Lipinski definition) is 0. The molecule has 2 aromatic rings. The zero-order valence-corrected chi connectivity index (χ0v) is 14.1. The van der Waals surface area contributed by atoms with Gasteiger partial charge in [-0.1, -0.05) is 0 Å². The molecule has 10 heteroatoms. The van der Waals surface area contributed by atoms with Crippen LogP contribution in [0.15, 0.2) is 41.3 Å². The second kappa shape index (κ2) is 7.57. The van der Waals surface area contributed by atoms with E-state index in [4.69, 9.17) is 0 Å². The lowest BCUT2D eigenvalue weighted by molar-refractivity contribution is -0.138. The van der Waals surface area contributed by atoms with E-state index >= 15 is 0 Å². The number of rotatable bonds is 0. The Balaban J connectivity index is 0.000000220. The van der Waals surface area contributed by atoms with Crippen LogP contribution < -0.4 is 0 Å². The second-order valence-electron chi connectivity index (χ2n) is 3.73. The van der Waals surface area contributed by atoms with Gasteiger partial charge in [-0.15, -0.1) is 0 Å². The minimum atomic E-state index is -4.30. The van der Waals surface area contributed by atoms with E-state index in [1.807, 2.05) is 22.6 Å². The molecule has 0 bridgehead atoms. The highest BCUT2D eigenvalue weighted by Crippen LogP contribution is 2.29. The van der Waals surface area contributed by atoms with Crippen molar-refractivity contribution in [3.05, 3.63) is 56.1 Å². The van der Waals surface area contributed by atoms with E-state index in [2.05, 4.69) is 25.9 Å². The van der Waals surface area contributed by atoms with Crippen LogP contribution >= 0.6 is 38.5 Å². The van der Waals surface area contributed by atoms with Gasteiger partial charge in [-0.25, -0.2) is 9.97 Å². The fourth-order valence-electron chi connectivity index (χ4n) is 1.09. The van der Waals surface area contributed by atoms with E-state index in [1.165, 1.54) is 12.1 Å². The van der Waals surface area contributed by atoms with E-state index in [9.17, 15) is 26.3 Å². The van der Waals surface area contributed by atoms with E-state index in [-0.39, 0.29) is 0 Å². The minimum absolute atomic E-state index is 0.394. The van der Waals surface area contributed by atoms with Crippen molar-refractivity contribution >= 4 is 38.5 Å². The van der Waals surface area contributed by atoms with Gasteiger partial charge in [0, 0.05) is 12.4 Å². The molecule has 120 valence electrons. The Morgan fingerprint density at radius 1 is 0.773 bits per heavy atom. The lowest BCUT2D eigenvalue weighted by Gasteiger charge is -2.04. The molecule has 0 amide bonds. The zero-order chi connectivity index (χ0) is 17.0. The number of alkyl halides is 6. The molecule has 2 aromatic heterocycles. The third kappa shape index (κ3) is 6.46. The molecule has 0 aliphatic carbocycles. The first-order chi connectivity index (χ1) is 10.00. The summed E-state index contributed by atoms with van der Waals surface area (Å²) in [5.74, 6) is 0. The van der Waals surface area contributed by atoms with Crippen molar-refractivity contribution in [1.82, 2.24) is 9.97 Å². The molecule has 0 N–H and O–H groups in total. The van der Waals surface area contributed by atoms with Gasteiger partial charge in [-0.2, -0.15) is 26.3 Å². The lowest BCUT2D eigenvalue weighted by Crippen LogP contribution is -2.05. The molecule has 0 radical (unpaired) electrons. The highest BCUT2D eigenvalue weighted by atomic mass is 127. The van der Waals surface area contributed by atoms with Gasteiger partial charge in [-0.05, 0) is 62.8 Å². The number of hydrogen-bond acceptors (Lipinski definition) is 2. The standard InChI is InChI=1S/C6H3BrF3N.C6H3F3IN/c7-5-2-1-4(3-11-5)6(8,9)10;7-6(8,9)4-1-2-5(10)11-3-4/h2*1-3H. The molecular formula is C12H6BrF6IN2.